The zero-order valence-corrected chi connectivity index (χ0v) is 16.2. The van der Waals surface area contributed by atoms with Crippen molar-refractivity contribution in [1.29, 1.82) is 0 Å². The zero-order chi connectivity index (χ0) is 18.4. The Labute approximate surface area is 156 Å². The summed E-state index contributed by atoms with van der Waals surface area (Å²) >= 11 is 0. The van der Waals surface area contributed by atoms with Crippen molar-refractivity contribution in [3.05, 3.63) is 59.5 Å². The molecule has 0 amide bonds. The second-order valence-electron chi connectivity index (χ2n) is 7.02. The van der Waals surface area contributed by atoms with Gasteiger partial charge in [0.05, 0.1) is 18.1 Å². The maximum Gasteiger partial charge on any atom is 0.215 e. The summed E-state index contributed by atoms with van der Waals surface area (Å²) in [6.07, 6.45) is 6.42. The lowest BCUT2D eigenvalue weighted by molar-refractivity contribution is 0.182. The van der Waals surface area contributed by atoms with Gasteiger partial charge >= 0.3 is 0 Å². The monoisotopic (exact) mass is 376 g/mol. The summed E-state index contributed by atoms with van der Waals surface area (Å²) in [5.74, 6) is 0.829. The van der Waals surface area contributed by atoms with Crippen LogP contribution in [0.4, 0.5) is 0 Å². The normalized spacial score (nSPS) is 17.7. The topological polar surface area (TPSA) is 62.6 Å². The van der Waals surface area contributed by atoms with Crippen LogP contribution < -0.4 is 4.72 Å². The number of benzene rings is 1. The Morgan fingerprint density at radius 1 is 1.08 bits per heavy atom. The van der Waals surface area contributed by atoms with E-state index in [-0.39, 0.29) is 11.8 Å². The van der Waals surface area contributed by atoms with Gasteiger partial charge in [0.2, 0.25) is 10.0 Å². The first-order valence-electron chi connectivity index (χ1n) is 9.34. The van der Waals surface area contributed by atoms with Gasteiger partial charge in [-0.2, -0.15) is 0 Å². The maximum atomic E-state index is 12.6. The van der Waals surface area contributed by atoms with E-state index in [1.54, 1.807) is 6.26 Å². The van der Waals surface area contributed by atoms with Gasteiger partial charge in [0, 0.05) is 6.54 Å². The molecule has 3 rings (SSSR count). The molecule has 6 heteroatoms. The summed E-state index contributed by atoms with van der Waals surface area (Å²) < 4.78 is 33.7. The molecule has 1 aromatic heterocycles. The van der Waals surface area contributed by atoms with Crippen molar-refractivity contribution in [1.82, 2.24) is 9.62 Å². The average molecular weight is 377 g/mol. The number of nitrogens with zero attached hydrogens (tertiary/aromatic N) is 1. The van der Waals surface area contributed by atoms with Crippen LogP contribution in [0.2, 0.25) is 0 Å². The molecule has 2 heterocycles. The predicted molar refractivity (Wildman–Crippen MR) is 103 cm³/mol. The molecule has 1 atom stereocenters. The largest absolute Gasteiger partial charge is 0.468 e. The standard InChI is InChI=1S/C20H28N2O3S/c1-17-9-4-5-10-18(17)16-26(23,24)21-15-19(20-11-8-14-25-20)22-12-6-2-3-7-13-22/h4-5,8-11,14,19,21H,2-3,6-7,12-13,15-16H2,1H3. The molecule has 0 radical (unpaired) electrons. The van der Waals surface area contributed by atoms with Gasteiger partial charge in [-0.15, -0.1) is 0 Å². The highest BCUT2D eigenvalue weighted by molar-refractivity contribution is 7.88. The Kier molecular flexibility index (Phi) is 6.51. The predicted octanol–water partition coefficient (Wildman–Crippen LogP) is 3.62. The molecule has 0 aliphatic carbocycles. The molecule has 1 saturated heterocycles. The van der Waals surface area contributed by atoms with E-state index in [1.807, 2.05) is 43.3 Å². The van der Waals surface area contributed by atoms with Crippen LogP contribution in [0.3, 0.4) is 0 Å². The van der Waals surface area contributed by atoms with Crippen LogP contribution in [0, 0.1) is 6.92 Å². The van der Waals surface area contributed by atoms with Crippen molar-refractivity contribution in [2.75, 3.05) is 19.6 Å². The molecule has 1 aliphatic heterocycles. The fraction of sp³-hybridized carbons (Fsp3) is 0.500. The van der Waals surface area contributed by atoms with Gasteiger partial charge in [0.1, 0.15) is 5.76 Å². The van der Waals surface area contributed by atoms with Crippen molar-refractivity contribution in [3.8, 4) is 0 Å². The van der Waals surface area contributed by atoms with Crippen LogP contribution in [-0.4, -0.2) is 33.0 Å². The minimum absolute atomic E-state index is 0.00451. The quantitative estimate of drug-likeness (QED) is 0.802. The highest BCUT2D eigenvalue weighted by atomic mass is 32.2. The van der Waals surface area contributed by atoms with E-state index < -0.39 is 10.0 Å². The molecule has 142 valence electrons. The Morgan fingerprint density at radius 3 is 2.46 bits per heavy atom. The summed E-state index contributed by atoms with van der Waals surface area (Å²) in [5.41, 5.74) is 1.83. The summed E-state index contributed by atoms with van der Waals surface area (Å²) in [4.78, 5) is 2.35. The number of hydrogen-bond acceptors (Lipinski definition) is 4. The van der Waals surface area contributed by atoms with Crippen molar-refractivity contribution in [2.24, 2.45) is 0 Å². The van der Waals surface area contributed by atoms with Crippen LogP contribution in [0.15, 0.2) is 47.1 Å². The van der Waals surface area contributed by atoms with Crippen molar-refractivity contribution < 1.29 is 12.8 Å². The summed E-state index contributed by atoms with van der Waals surface area (Å²) in [6, 6.07) is 11.3. The van der Waals surface area contributed by atoms with Gasteiger partial charge in [0.25, 0.3) is 0 Å². The summed E-state index contributed by atoms with van der Waals surface area (Å²) in [6.45, 7) is 4.23. The number of rotatable bonds is 7. The molecule has 2 aromatic rings. The second kappa shape index (κ2) is 8.84. The van der Waals surface area contributed by atoms with Crippen LogP contribution in [-0.2, 0) is 15.8 Å². The van der Waals surface area contributed by atoms with Gasteiger partial charge in [0.15, 0.2) is 0 Å². The number of hydrogen-bond donors (Lipinski definition) is 1. The van der Waals surface area contributed by atoms with E-state index in [4.69, 9.17) is 4.42 Å². The lowest BCUT2D eigenvalue weighted by Crippen LogP contribution is -2.39. The van der Waals surface area contributed by atoms with Crippen LogP contribution in [0.1, 0.15) is 48.6 Å². The molecule has 1 unspecified atom stereocenters. The fourth-order valence-electron chi connectivity index (χ4n) is 3.53. The smallest absolute Gasteiger partial charge is 0.215 e. The van der Waals surface area contributed by atoms with Gasteiger partial charge in [-0.1, -0.05) is 37.1 Å². The minimum atomic E-state index is -3.41. The number of aryl methyl sites for hydroxylation is 1. The minimum Gasteiger partial charge on any atom is -0.468 e. The molecule has 26 heavy (non-hydrogen) atoms. The number of sulfonamides is 1. The lowest BCUT2D eigenvalue weighted by Gasteiger charge is -2.29. The lowest BCUT2D eigenvalue weighted by atomic mass is 10.1. The SMILES string of the molecule is Cc1ccccc1CS(=O)(=O)NCC(c1ccco1)N1CCCCCC1. The highest BCUT2D eigenvalue weighted by Crippen LogP contribution is 2.24. The molecule has 0 saturated carbocycles. The summed E-state index contributed by atoms with van der Waals surface area (Å²) in [7, 11) is -3.41. The maximum absolute atomic E-state index is 12.6. The van der Waals surface area contributed by atoms with Crippen molar-refractivity contribution >= 4 is 10.0 Å². The number of nitrogens with one attached hydrogen (secondary N) is 1. The molecular formula is C20H28N2O3S. The third-order valence-electron chi connectivity index (χ3n) is 5.06. The third-order valence-corrected chi connectivity index (χ3v) is 6.35. The molecular weight excluding hydrogens is 348 g/mol. The van der Waals surface area contributed by atoms with E-state index in [2.05, 4.69) is 9.62 Å². The first-order chi connectivity index (χ1) is 12.6. The fourth-order valence-corrected chi connectivity index (χ4v) is 4.78. The van der Waals surface area contributed by atoms with Crippen LogP contribution >= 0.6 is 0 Å². The Bertz CT molecular complexity index is 779. The Balaban J connectivity index is 1.69. The highest BCUT2D eigenvalue weighted by Gasteiger charge is 2.25. The van der Waals surface area contributed by atoms with Crippen molar-refractivity contribution in [3.63, 3.8) is 0 Å². The second-order valence-corrected chi connectivity index (χ2v) is 8.82. The molecule has 0 bridgehead atoms. The molecule has 1 aliphatic rings. The van der Waals surface area contributed by atoms with Gasteiger partial charge in [-0.05, 0) is 56.1 Å². The molecule has 1 aromatic carbocycles. The van der Waals surface area contributed by atoms with E-state index in [1.165, 1.54) is 12.8 Å². The molecule has 1 fully saturated rings. The van der Waals surface area contributed by atoms with Gasteiger partial charge in [-0.3, -0.25) is 4.90 Å². The molecule has 5 nitrogen and oxygen atoms in total. The third kappa shape index (κ3) is 5.19. The van der Waals surface area contributed by atoms with E-state index in [9.17, 15) is 8.42 Å². The van der Waals surface area contributed by atoms with E-state index >= 15 is 0 Å². The van der Waals surface area contributed by atoms with Crippen molar-refractivity contribution in [2.45, 2.75) is 44.4 Å². The summed E-state index contributed by atoms with van der Waals surface area (Å²) in [5, 5.41) is 0. The van der Waals surface area contributed by atoms with E-state index in [0.717, 1.165) is 42.8 Å². The zero-order valence-electron chi connectivity index (χ0n) is 15.4. The van der Waals surface area contributed by atoms with Crippen LogP contribution in [0.25, 0.3) is 0 Å². The average Bonchev–Trinajstić information content (AvgIpc) is 3.00. The first kappa shape index (κ1) is 19.1. The Morgan fingerprint density at radius 2 is 1.81 bits per heavy atom. The van der Waals surface area contributed by atoms with Gasteiger partial charge in [-0.25, -0.2) is 13.1 Å². The van der Waals surface area contributed by atoms with Gasteiger partial charge < -0.3 is 4.42 Å². The molecule has 1 N–H and O–H groups in total. The first-order valence-corrected chi connectivity index (χ1v) is 11.0. The Hall–Kier alpha value is -1.63. The molecule has 0 spiro atoms. The van der Waals surface area contributed by atoms with E-state index in [0.29, 0.717) is 6.54 Å². The number of furan rings is 1. The van der Waals surface area contributed by atoms with Crippen LogP contribution in [0.5, 0.6) is 0 Å². The number of likely N-dealkylation sites (tertiary alicyclic amines) is 1.